The van der Waals surface area contributed by atoms with Gasteiger partial charge in [-0.15, -0.1) is 0 Å². The highest BCUT2D eigenvalue weighted by molar-refractivity contribution is 7.89. The first-order chi connectivity index (χ1) is 16.3. The van der Waals surface area contributed by atoms with Gasteiger partial charge in [-0.1, -0.05) is 29.5 Å². The van der Waals surface area contributed by atoms with Crippen molar-refractivity contribution in [2.24, 2.45) is 10.9 Å². The van der Waals surface area contributed by atoms with Crippen molar-refractivity contribution < 1.29 is 26.7 Å². The van der Waals surface area contributed by atoms with Crippen molar-refractivity contribution in [3.05, 3.63) is 58.9 Å². The van der Waals surface area contributed by atoms with Crippen LogP contribution in [0.15, 0.2) is 52.4 Å². The molecule has 11 heteroatoms. The highest BCUT2D eigenvalue weighted by Gasteiger charge is 2.33. The minimum Gasteiger partial charge on any atom is -0.380 e. The van der Waals surface area contributed by atoms with E-state index in [-0.39, 0.29) is 34.9 Å². The number of carbonyl (C=O) groups is 1. The molecule has 0 bridgehead atoms. The molecule has 0 aliphatic carbocycles. The van der Waals surface area contributed by atoms with Crippen molar-refractivity contribution in [2.45, 2.75) is 31.2 Å². The summed E-state index contributed by atoms with van der Waals surface area (Å²) >= 11 is 1.01. The molecule has 1 amide bonds. The van der Waals surface area contributed by atoms with Crippen molar-refractivity contribution in [3.63, 3.8) is 0 Å². The van der Waals surface area contributed by atoms with E-state index in [1.54, 1.807) is 18.2 Å². The zero-order valence-electron chi connectivity index (χ0n) is 18.6. The Hall–Kier alpha value is -2.47. The third-order valence-electron chi connectivity index (χ3n) is 5.68. The normalized spacial score (nSPS) is 18.0. The van der Waals surface area contributed by atoms with Gasteiger partial charge in [-0.25, -0.2) is 17.2 Å². The summed E-state index contributed by atoms with van der Waals surface area (Å²) in [6, 6.07) is 10.1. The Labute approximate surface area is 200 Å². The zero-order chi connectivity index (χ0) is 24.3. The minimum absolute atomic E-state index is 0.0202. The first-order valence-electron chi connectivity index (χ1n) is 11.0. The summed E-state index contributed by atoms with van der Waals surface area (Å²) in [5.74, 6) is -2.56. The van der Waals surface area contributed by atoms with E-state index < -0.39 is 33.5 Å². The molecule has 1 aromatic heterocycles. The topological polar surface area (TPSA) is 81.0 Å². The first kappa shape index (κ1) is 24.6. The van der Waals surface area contributed by atoms with Crippen LogP contribution in [0.3, 0.4) is 0 Å². The summed E-state index contributed by atoms with van der Waals surface area (Å²) in [6.45, 7) is 3.16. The van der Waals surface area contributed by atoms with E-state index in [1.165, 1.54) is 27.1 Å². The van der Waals surface area contributed by atoms with Gasteiger partial charge in [0.1, 0.15) is 5.82 Å². The number of carbonyl (C=O) groups excluding carboxylic acids is 1. The predicted molar refractivity (Wildman–Crippen MR) is 125 cm³/mol. The van der Waals surface area contributed by atoms with E-state index in [0.717, 1.165) is 17.4 Å². The number of sulfonamides is 1. The molecular formula is C23H25F2N3O4S2. The lowest BCUT2D eigenvalue weighted by Gasteiger charge is -2.30. The number of hydrogen-bond donors (Lipinski definition) is 0. The molecule has 4 rings (SSSR count). The Kier molecular flexibility index (Phi) is 7.56. The molecule has 1 atom stereocenters. The molecule has 1 fully saturated rings. The van der Waals surface area contributed by atoms with E-state index in [4.69, 9.17) is 4.74 Å². The number of benzene rings is 2. The third kappa shape index (κ3) is 5.12. The highest BCUT2D eigenvalue weighted by atomic mass is 32.2. The molecule has 1 unspecified atom stereocenters. The summed E-state index contributed by atoms with van der Waals surface area (Å²) in [5.41, 5.74) is 0.162. The molecule has 0 saturated carbocycles. The molecule has 34 heavy (non-hydrogen) atoms. The number of halogens is 2. The molecule has 1 aliphatic rings. The van der Waals surface area contributed by atoms with Gasteiger partial charge in [-0.05, 0) is 38.0 Å². The number of hydrogen-bond acceptors (Lipinski definition) is 5. The van der Waals surface area contributed by atoms with Gasteiger partial charge in [-0.2, -0.15) is 9.30 Å². The number of aromatic nitrogens is 1. The Morgan fingerprint density at radius 3 is 2.74 bits per heavy atom. The molecule has 1 saturated heterocycles. The summed E-state index contributed by atoms with van der Waals surface area (Å²) < 4.78 is 62.9. The Morgan fingerprint density at radius 2 is 2.00 bits per heavy atom. The largest absolute Gasteiger partial charge is 0.380 e. The van der Waals surface area contributed by atoms with Crippen LogP contribution in [0.2, 0.25) is 0 Å². The SMILES string of the molecule is CCOCCn1c(=NC(=O)C2CCCN(S(=O)(=O)c3ccccc3)C2)sc2cc(F)cc(F)c21. The van der Waals surface area contributed by atoms with Gasteiger partial charge >= 0.3 is 0 Å². The van der Waals surface area contributed by atoms with Crippen LogP contribution in [0.4, 0.5) is 8.78 Å². The molecule has 0 spiro atoms. The van der Waals surface area contributed by atoms with Gasteiger partial charge in [0.15, 0.2) is 10.6 Å². The second kappa shape index (κ2) is 10.4. The number of piperidine rings is 1. The van der Waals surface area contributed by atoms with Crippen LogP contribution < -0.4 is 4.80 Å². The molecule has 7 nitrogen and oxygen atoms in total. The van der Waals surface area contributed by atoms with Crippen LogP contribution in [0, 0.1) is 17.6 Å². The summed E-state index contributed by atoms with van der Waals surface area (Å²) in [6.07, 6.45) is 1.02. The molecule has 0 radical (unpaired) electrons. The lowest BCUT2D eigenvalue weighted by Crippen LogP contribution is -2.42. The second-order valence-corrected chi connectivity index (χ2v) is 10.9. The van der Waals surface area contributed by atoms with Gasteiger partial charge in [0.05, 0.1) is 27.6 Å². The molecule has 3 aromatic rings. The predicted octanol–water partition coefficient (Wildman–Crippen LogP) is 3.55. The maximum atomic E-state index is 14.6. The number of ether oxygens (including phenoxy) is 1. The van der Waals surface area contributed by atoms with Crippen LogP contribution in [-0.4, -0.2) is 49.5 Å². The second-order valence-electron chi connectivity index (χ2n) is 7.93. The number of nitrogens with zero attached hydrogens (tertiary/aromatic N) is 3. The first-order valence-corrected chi connectivity index (χ1v) is 13.3. The van der Waals surface area contributed by atoms with Crippen LogP contribution in [0.1, 0.15) is 19.8 Å². The van der Waals surface area contributed by atoms with Crippen LogP contribution >= 0.6 is 11.3 Å². The molecule has 1 aliphatic heterocycles. The van der Waals surface area contributed by atoms with Gasteiger partial charge < -0.3 is 9.30 Å². The van der Waals surface area contributed by atoms with E-state index in [0.29, 0.717) is 30.7 Å². The molecule has 2 aromatic carbocycles. The number of fused-ring (bicyclic) bond motifs is 1. The fourth-order valence-corrected chi connectivity index (χ4v) is 6.66. The lowest BCUT2D eigenvalue weighted by molar-refractivity contribution is -0.122. The number of thiazole rings is 1. The maximum Gasteiger partial charge on any atom is 0.252 e. The Morgan fingerprint density at radius 1 is 1.24 bits per heavy atom. The standard InChI is InChI=1S/C23H25F2N3O4S2/c1-2-32-12-11-28-21-19(25)13-17(24)14-20(21)33-23(28)26-22(29)16-7-6-10-27(15-16)34(30,31)18-8-4-3-5-9-18/h3-5,8-9,13-14,16H,2,6-7,10-12,15H2,1H3. The Balaban J connectivity index is 1.65. The molecule has 2 heterocycles. The minimum atomic E-state index is -3.73. The Bertz CT molecular complexity index is 1350. The summed E-state index contributed by atoms with van der Waals surface area (Å²) in [7, 11) is -3.73. The lowest BCUT2D eigenvalue weighted by atomic mass is 9.99. The number of amides is 1. The van der Waals surface area contributed by atoms with Crippen LogP contribution in [0.5, 0.6) is 0 Å². The molecule has 0 N–H and O–H groups in total. The van der Waals surface area contributed by atoms with Crippen molar-refractivity contribution in [1.29, 1.82) is 0 Å². The fourth-order valence-electron chi connectivity index (χ4n) is 4.01. The fraction of sp³-hybridized carbons (Fsp3) is 0.391. The van der Waals surface area contributed by atoms with Gasteiger partial charge in [0, 0.05) is 32.3 Å². The molecule has 182 valence electrons. The monoisotopic (exact) mass is 509 g/mol. The average molecular weight is 510 g/mol. The zero-order valence-corrected chi connectivity index (χ0v) is 20.2. The third-order valence-corrected chi connectivity index (χ3v) is 8.58. The van der Waals surface area contributed by atoms with Crippen molar-refractivity contribution in [3.8, 4) is 0 Å². The number of rotatable bonds is 7. The van der Waals surface area contributed by atoms with Crippen LogP contribution in [-0.2, 0) is 26.1 Å². The smallest absolute Gasteiger partial charge is 0.252 e. The van der Waals surface area contributed by atoms with Gasteiger partial charge in [0.25, 0.3) is 5.91 Å². The van der Waals surface area contributed by atoms with E-state index in [2.05, 4.69) is 4.99 Å². The summed E-state index contributed by atoms with van der Waals surface area (Å²) in [5, 5.41) is 0. The van der Waals surface area contributed by atoms with Crippen molar-refractivity contribution >= 4 is 37.5 Å². The van der Waals surface area contributed by atoms with Gasteiger partial charge in [0.2, 0.25) is 10.0 Å². The maximum absolute atomic E-state index is 14.6. The average Bonchev–Trinajstić information content (AvgIpc) is 3.16. The van der Waals surface area contributed by atoms with Crippen molar-refractivity contribution in [1.82, 2.24) is 8.87 Å². The van der Waals surface area contributed by atoms with E-state index in [1.807, 2.05) is 6.92 Å². The van der Waals surface area contributed by atoms with E-state index in [9.17, 15) is 22.0 Å². The summed E-state index contributed by atoms with van der Waals surface area (Å²) in [4.78, 5) is 17.7. The van der Waals surface area contributed by atoms with E-state index >= 15 is 0 Å². The highest BCUT2D eigenvalue weighted by Crippen LogP contribution is 2.25. The van der Waals surface area contributed by atoms with Crippen molar-refractivity contribution in [2.75, 3.05) is 26.3 Å². The molecular weight excluding hydrogens is 484 g/mol. The van der Waals surface area contributed by atoms with Gasteiger partial charge in [-0.3, -0.25) is 4.79 Å². The van der Waals surface area contributed by atoms with Crippen LogP contribution in [0.25, 0.3) is 10.2 Å². The quantitative estimate of drug-likeness (QED) is 0.457.